The summed E-state index contributed by atoms with van der Waals surface area (Å²) in [6.45, 7) is 4.10. The zero-order valence-corrected chi connectivity index (χ0v) is 9.73. The summed E-state index contributed by atoms with van der Waals surface area (Å²) in [4.78, 5) is 0. The van der Waals surface area contributed by atoms with Crippen molar-refractivity contribution in [3.8, 4) is 0 Å². The van der Waals surface area contributed by atoms with Gasteiger partial charge in [-0.1, -0.05) is 0 Å². The Labute approximate surface area is 100 Å². The van der Waals surface area contributed by atoms with E-state index in [9.17, 15) is 0 Å². The lowest BCUT2D eigenvalue weighted by Crippen LogP contribution is -2.01. The van der Waals surface area contributed by atoms with Crippen molar-refractivity contribution in [2.75, 3.05) is 0 Å². The van der Waals surface area contributed by atoms with Crippen LogP contribution in [0.1, 0.15) is 11.1 Å². The highest BCUT2D eigenvalue weighted by molar-refractivity contribution is 5.84. The Kier molecular flexibility index (Phi) is 1.55. The molecule has 0 atom stereocenters. The summed E-state index contributed by atoms with van der Waals surface area (Å²) in [6, 6.07) is 4.07. The summed E-state index contributed by atoms with van der Waals surface area (Å²) < 4.78 is 3.32. The third kappa shape index (κ3) is 0.992. The van der Waals surface area contributed by atoms with E-state index in [4.69, 9.17) is 0 Å². The molecule has 8 heteroatoms. The molecule has 0 amide bonds. The molecule has 0 aliphatic carbocycles. The standard InChI is InChI=1S/C10H8N8/c1-5-3-7-8(4-6(5)2)18-10(12-14-16-18)9-11-13-15-17(7)9/h3-4H,1-2H3. The maximum Gasteiger partial charge on any atom is 0.226 e. The molecule has 8 nitrogen and oxygen atoms in total. The first-order valence-corrected chi connectivity index (χ1v) is 5.45. The van der Waals surface area contributed by atoms with Crippen LogP contribution in [0.25, 0.3) is 22.3 Å². The highest BCUT2D eigenvalue weighted by atomic mass is 15.6. The molecule has 0 aliphatic heterocycles. The number of hydrogen-bond donors (Lipinski definition) is 0. The lowest BCUT2D eigenvalue weighted by atomic mass is 10.1. The summed E-state index contributed by atoms with van der Waals surface area (Å²) in [5.74, 6) is 0. The minimum atomic E-state index is 0.552. The molecule has 0 spiro atoms. The van der Waals surface area contributed by atoms with Crippen LogP contribution in [0.4, 0.5) is 0 Å². The monoisotopic (exact) mass is 240 g/mol. The van der Waals surface area contributed by atoms with Crippen LogP contribution in [0.5, 0.6) is 0 Å². The van der Waals surface area contributed by atoms with Crippen LogP contribution in [0, 0.1) is 13.8 Å². The topological polar surface area (TPSA) is 86.2 Å². The molecule has 0 saturated carbocycles. The van der Waals surface area contributed by atoms with Gasteiger partial charge in [-0.2, -0.15) is 9.03 Å². The van der Waals surface area contributed by atoms with Gasteiger partial charge in [0.1, 0.15) is 0 Å². The normalized spacial score (nSPS) is 11.9. The molecule has 0 bridgehead atoms. The fourth-order valence-electron chi connectivity index (χ4n) is 2.10. The molecular formula is C10H8N8. The molecule has 0 radical (unpaired) electrons. The molecular weight excluding hydrogens is 232 g/mol. The first-order chi connectivity index (χ1) is 8.75. The van der Waals surface area contributed by atoms with Gasteiger partial charge in [0.2, 0.25) is 11.3 Å². The van der Waals surface area contributed by atoms with Crippen LogP contribution >= 0.6 is 0 Å². The fraction of sp³-hybridized carbons (Fsp3) is 0.200. The minimum Gasteiger partial charge on any atom is -0.187 e. The summed E-state index contributed by atoms with van der Waals surface area (Å²) in [6.07, 6.45) is 0. The van der Waals surface area contributed by atoms with Crippen molar-refractivity contribution >= 4 is 22.3 Å². The Bertz CT molecular complexity index is 827. The molecule has 0 N–H and O–H groups in total. The Hall–Kier alpha value is -2.64. The van der Waals surface area contributed by atoms with Gasteiger partial charge >= 0.3 is 0 Å². The quantitative estimate of drug-likeness (QED) is 0.440. The van der Waals surface area contributed by atoms with E-state index in [2.05, 4.69) is 44.9 Å². The van der Waals surface area contributed by atoms with Gasteiger partial charge < -0.3 is 0 Å². The van der Waals surface area contributed by atoms with Crippen molar-refractivity contribution in [2.45, 2.75) is 13.8 Å². The molecule has 4 rings (SSSR count). The van der Waals surface area contributed by atoms with Crippen LogP contribution in [-0.2, 0) is 0 Å². The smallest absolute Gasteiger partial charge is 0.187 e. The Morgan fingerprint density at radius 2 is 1.22 bits per heavy atom. The van der Waals surface area contributed by atoms with Crippen molar-refractivity contribution in [3.05, 3.63) is 23.3 Å². The van der Waals surface area contributed by atoms with E-state index in [1.54, 1.807) is 9.03 Å². The largest absolute Gasteiger partial charge is 0.226 e. The highest BCUT2D eigenvalue weighted by Crippen LogP contribution is 2.21. The third-order valence-electron chi connectivity index (χ3n) is 3.19. The van der Waals surface area contributed by atoms with E-state index in [-0.39, 0.29) is 0 Å². The van der Waals surface area contributed by atoms with Crippen LogP contribution in [-0.4, -0.2) is 40.1 Å². The van der Waals surface area contributed by atoms with Crippen molar-refractivity contribution in [1.82, 2.24) is 40.1 Å². The van der Waals surface area contributed by atoms with E-state index < -0.39 is 0 Å². The predicted octanol–water partition coefficient (Wildman–Crippen LogP) is 0.332. The lowest BCUT2D eigenvalue weighted by Gasteiger charge is -2.05. The first kappa shape index (κ1) is 9.40. The van der Waals surface area contributed by atoms with Crippen LogP contribution < -0.4 is 0 Å². The number of rotatable bonds is 0. The number of aryl methyl sites for hydroxylation is 2. The van der Waals surface area contributed by atoms with Gasteiger partial charge in [-0.15, -0.1) is 10.2 Å². The Morgan fingerprint density at radius 1 is 0.778 bits per heavy atom. The SMILES string of the molecule is Cc1cc2c(cc1C)n1nnnc1c1nnnn21. The maximum absolute atomic E-state index is 3.99. The van der Waals surface area contributed by atoms with Gasteiger partial charge in [-0.25, -0.2) is 0 Å². The summed E-state index contributed by atoms with van der Waals surface area (Å²) >= 11 is 0. The molecule has 1 aromatic carbocycles. The Morgan fingerprint density at radius 3 is 1.67 bits per heavy atom. The van der Waals surface area contributed by atoms with Gasteiger partial charge in [0, 0.05) is 0 Å². The molecule has 4 aromatic rings. The minimum absolute atomic E-state index is 0.552. The van der Waals surface area contributed by atoms with Gasteiger partial charge in [-0.3, -0.25) is 0 Å². The van der Waals surface area contributed by atoms with Crippen molar-refractivity contribution in [1.29, 1.82) is 0 Å². The van der Waals surface area contributed by atoms with Crippen LogP contribution in [0.2, 0.25) is 0 Å². The highest BCUT2D eigenvalue weighted by Gasteiger charge is 2.14. The first-order valence-electron chi connectivity index (χ1n) is 5.45. The average molecular weight is 240 g/mol. The molecule has 3 heterocycles. The molecule has 3 aromatic heterocycles. The second-order valence-electron chi connectivity index (χ2n) is 4.25. The summed E-state index contributed by atoms with van der Waals surface area (Å²) in [7, 11) is 0. The second-order valence-corrected chi connectivity index (χ2v) is 4.25. The van der Waals surface area contributed by atoms with Crippen molar-refractivity contribution in [2.24, 2.45) is 0 Å². The van der Waals surface area contributed by atoms with Crippen molar-refractivity contribution in [3.63, 3.8) is 0 Å². The van der Waals surface area contributed by atoms with Gasteiger partial charge in [-0.05, 0) is 58.0 Å². The average Bonchev–Trinajstić information content (AvgIpc) is 2.97. The third-order valence-corrected chi connectivity index (χ3v) is 3.19. The number of aromatic nitrogens is 8. The summed E-state index contributed by atoms with van der Waals surface area (Å²) in [5, 5.41) is 23.3. The van der Waals surface area contributed by atoms with E-state index in [1.165, 1.54) is 11.1 Å². The van der Waals surface area contributed by atoms with E-state index >= 15 is 0 Å². The number of tetrazole rings is 2. The van der Waals surface area contributed by atoms with E-state index in [0.717, 1.165) is 11.0 Å². The van der Waals surface area contributed by atoms with Crippen LogP contribution in [0.15, 0.2) is 12.1 Å². The maximum atomic E-state index is 3.99. The van der Waals surface area contributed by atoms with Crippen LogP contribution in [0.3, 0.4) is 0 Å². The zero-order chi connectivity index (χ0) is 12.3. The van der Waals surface area contributed by atoms with Gasteiger partial charge in [0.05, 0.1) is 11.0 Å². The predicted molar refractivity (Wildman–Crippen MR) is 62.1 cm³/mol. The van der Waals surface area contributed by atoms with E-state index in [1.807, 2.05) is 12.1 Å². The van der Waals surface area contributed by atoms with Gasteiger partial charge in [0.25, 0.3) is 0 Å². The summed E-state index contributed by atoms with van der Waals surface area (Å²) in [5.41, 5.74) is 5.22. The molecule has 0 unspecified atom stereocenters. The second kappa shape index (κ2) is 2.97. The number of hydrogen-bond acceptors (Lipinski definition) is 6. The van der Waals surface area contributed by atoms with E-state index in [0.29, 0.717) is 11.3 Å². The van der Waals surface area contributed by atoms with Gasteiger partial charge in [0.15, 0.2) is 0 Å². The fourth-order valence-corrected chi connectivity index (χ4v) is 2.10. The zero-order valence-electron chi connectivity index (χ0n) is 9.73. The number of benzene rings is 1. The molecule has 18 heavy (non-hydrogen) atoms. The molecule has 0 aliphatic rings. The van der Waals surface area contributed by atoms with Crippen molar-refractivity contribution < 1.29 is 0 Å². The Balaban J connectivity index is 2.43. The number of nitrogens with zero attached hydrogens (tertiary/aromatic N) is 8. The molecule has 0 fully saturated rings. The molecule has 0 saturated heterocycles. The lowest BCUT2D eigenvalue weighted by molar-refractivity contribution is 0.826. The number of fused-ring (bicyclic) bond motifs is 6. The molecule has 88 valence electrons.